The van der Waals surface area contributed by atoms with Gasteiger partial charge in [0, 0.05) is 12.2 Å². The molecule has 6 nitrogen and oxygen atoms in total. The van der Waals surface area contributed by atoms with Crippen molar-refractivity contribution in [1.29, 1.82) is 5.41 Å². The van der Waals surface area contributed by atoms with E-state index in [4.69, 9.17) is 16.9 Å². The molecule has 0 fully saturated rings. The minimum absolute atomic E-state index is 0.0640. The predicted octanol–water partition coefficient (Wildman–Crippen LogP) is 2.46. The minimum Gasteiger partial charge on any atom is -0.373 e. The third-order valence-electron chi connectivity index (χ3n) is 4.02. The van der Waals surface area contributed by atoms with Crippen LogP contribution in [0.4, 0.5) is 5.69 Å². The van der Waals surface area contributed by atoms with Gasteiger partial charge in [-0.15, -0.1) is 0 Å². The molecule has 0 unspecified atom stereocenters. The fourth-order valence-electron chi connectivity index (χ4n) is 2.71. The number of nitrogens with one attached hydrogen (secondary N) is 3. The Morgan fingerprint density at radius 2 is 1.67 bits per heavy atom. The molecule has 134 valence electrons. The third-order valence-corrected chi connectivity index (χ3v) is 4.02. The van der Waals surface area contributed by atoms with Gasteiger partial charge in [-0.3, -0.25) is 10.2 Å². The van der Waals surface area contributed by atoms with Gasteiger partial charge in [-0.25, -0.2) is 0 Å². The first kappa shape index (κ1) is 19.8. The van der Waals surface area contributed by atoms with Crippen molar-refractivity contribution in [2.45, 2.75) is 58.4 Å². The van der Waals surface area contributed by atoms with E-state index >= 15 is 0 Å². The summed E-state index contributed by atoms with van der Waals surface area (Å²) in [6.45, 7) is 9.10. The van der Waals surface area contributed by atoms with E-state index < -0.39 is 6.04 Å². The highest BCUT2D eigenvalue weighted by atomic mass is 16.1. The second kappa shape index (κ2) is 9.15. The van der Waals surface area contributed by atoms with Gasteiger partial charge in [0.05, 0.1) is 0 Å². The van der Waals surface area contributed by atoms with Crippen LogP contribution >= 0.6 is 0 Å². The summed E-state index contributed by atoms with van der Waals surface area (Å²) in [7, 11) is 0. The number of guanidine groups is 1. The summed E-state index contributed by atoms with van der Waals surface area (Å²) in [6.07, 6.45) is 1.28. The summed E-state index contributed by atoms with van der Waals surface area (Å²) in [5, 5.41) is 13.3. The molecule has 0 radical (unpaired) electrons. The van der Waals surface area contributed by atoms with Crippen molar-refractivity contribution < 1.29 is 4.79 Å². The molecule has 0 saturated carbocycles. The average Bonchev–Trinajstić information content (AvgIpc) is 2.49. The molecular formula is C18H31N5O. The second-order valence-corrected chi connectivity index (χ2v) is 6.70. The molecule has 0 heterocycles. The summed E-state index contributed by atoms with van der Waals surface area (Å²) in [5.74, 6) is 0.259. The zero-order valence-electron chi connectivity index (χ0n) is 15.1. The number of nitrogens with two attached hydrogens (primary N) is 2. The first-order valence-corrected chi connectivity index (χ1v) is 8.50. The zero-order chi connectivity index (χ0) is 18.3. The number of amides is 1. The summed E-state index contributed by atoms with van der Waals surface area (Å²) in [6, 6.07) is 5.80. The van der Waals surface area contributed by atoms with Crippen LogP contribution in [0.3, 0.4) is 0 Å². The van der Waals surface area contributed by atoms with Gasteiger partial charge in [-0.2, -0.15) is 0 Å². The number of para-hydroxylation sites is 1. The van der Waals surface area contributed by atoms with Gasteiger partial charge >= 0.3 is 0 Å². The zero-order valence-corrected chi connectivity index (χ0v) is 15.1. The lowest BCUT2D eigenvalue weighted by Gasteiger charge is -2.25. The van der Waals surface area contributed by atoms with Gasteiger partial charge in [0.15, 0.2) is 5.96 Å². The van der Waals surface area contributed by atoms with Crippen molar-refractivity contribution in [3.63, 3.8) is 0 Å². The van der Waals surface area contributed by atoms with Crippen LogP contribution in [-0.2, 0) is 4.79 Å². The molecule has 1 atom stereocenters. The molecule has 1 aromatic rings. The van der Waals surface area contributed by atoms with E-state index in [0.717, 1.165) is 5.69 Å². The Morgan fingerprint density at radius 3 is 2.08 bits per heavy atom. The highest BCUT2D eigenvalue weighted by Gasteiger charge is 2.20. The first-order chi connectivity index (χ1) is 11.2. The lowest BCUT2D eigenvalue weighted by molar-refractivity contribution is -0.118. The molecule has 0 aliphatic carbocycles. The van der Waals surface area contributed by atoms with Gasteiger partial charge in [-0.1, -0.05) is 45.9 Å². The van der Waals surface area contributed by atoms with Crippen LogP contribution in [0.15, 0.2) is 18.2 Å². The standard InChI is InChI=1S/C18H31N5O/c1-11(2)13-7-5-8-14(12(3)4)16(13)23-15(17(19)24)9-6-10-22-18(20)21/h5,7-8,11-12,15,23H,6,9-10H2,1-4H3,(H2,19,24)(H4,20,21,22)/t15-/m0/s1. The van der Waals surface area contributed by atoms with Crippen LogP contribution in [0.25, 0.3) is 0 Å². The summed E-state index contributed by atoms with van der Waals surface area (Å²) in [4.78, 5) is 11.9. The molecule has 0 aliphatic heterocycles. The van der Waals surface area contributed by atoms with E-state index in [0.29, 0.717) is 31.2 Å². The summed E-state index contributed by atoms with van der Waals surface area (Å²) >= 11 is 0. The Kier molecular flexibility index (Phi) is 7.55. The molecular weight excluding hydrogens is 302 g/mol. The van der Waals surface area contributed by atoms with Crippen molar-refractivity contribution in [1.82, 2.24) is 5.32 Å². The van der Waals surface area contributed by atoms with Gasteiger partial charge in [0.1, 0.15) is 6.04 Å². The van der Waals surface area contributed by atoms with Crippen molar-refractivity contribution in [2.75, 3.05) is 11.9 Å². The van der Waals surface area contributed by atoms with E-state index in [-0.39, 0.29) is 11.9 Å². The Balaban J connectivity index is 2.96. The van der Waals surface area contributed by atoms with E-state index in [9.17, 15) is 4.79 Å². The van der Waals surface area contributed by atoms with E-state index in [2.05, 4.69) is 56.5 Å². The number of hydrogen-bond acceptors (Lipinski definition) is 3. The van der Waals surface area contributed by atoms with E-state index in [1.54, 1.807) is 0 Å². The van der Waals surface area contributed by atoms with Crippen LogP contribution in [-0.4, -0.2) is 24.5 Å². The Morgan fingerprint density at radius 1 is 1.12 bits per heavy atom. The molecule has 1 rings (SSSR count). The first-order valence-electron chi connectivity index (χ1n) is 8.50. The smallest absolute Gasteiger partial charge is 0.239 e. The summed E-state index contributed by atoms with van der Waals surface area (Å²) < 4.78 is 0. The molecule has 1 amide bonds. The van der Waals surface area contributed by atoms with Gasteiger partial charge in [0.2, 0.25) is 5.91 Å². The van der Waals surface area contributed by atoms with Gasteiger partial charge in [0.25, 0.3) is 0 Å². The summed E-state index contributed by atoms with van der Waals surface area (Å²) in [5.41, 5.74) is 14.3. The average molecular weight is 333 g/mol. The normalized spacial score (nSPS) is 12.2. The van der Waals surface area contributed by atoms with Crippen LogP contribution in [0.5, 0.6) is 0 Å². The Bertz CT molecular complexity index is 542. The maximum atomic E-state index is 11.9. The second-order valence-electron chi connectivity index (χ2n) is 6.70. The third kappa shape index (κ3) is 5.76. The molecule has 7 N–H and O–H groups in total. The maximum absolute atomic E-state index is 11.9. The van der Waals surface area contributed by atoms with E-state index in [1.807, 2.05) is 0 Å². The largest absolute Gasteiger partial charge is 0.373 e. The topological polar surface area (TPSA) is 117 Å². The van der Waals surface area contributed by atoms with Gasteiger partial charge in [-0.05, 0) is 35.8 Å². The number of hydrogen-bond donors (Lipinski definition) is 5. The van der Waals surface area contributed by atoms with Gasteiger partial charge < -0.3 is 22.1 Å². The molecule has 1 aromatic carbocycles. The van der Waals surface area contributed by atoms with Crippen molar-refractivity contribution >= 4 is 17.6 Å². The Hall–Kier alpha value is -2.24. The van der Waals surface area contributed by atoms with Crippen LogP contribution in [0.1, 0.15) is 63.5 Å². The highest BCUT2D eigenvalue weighted by Crippen LogP contribution is 2.33. The molecule has 6 heteroatoms. The molecule has 0 saturated heterocycles. The number of rotatable bonds is 9. The van der Waals surface area contributed by atoms with Crippen molar-refractivity contribution in [2.24, 2.45) is 11.5 Å². The monoisotopic (exact) mass is 333 g/mol. The highest BCUT2D eigenvalue weighted by molar-refractivity contribution is 5.83. The Labute approximate surface area is 144 Å². The number of benzene rings is 1. The fraction of sp³-hybridized carbons (Fsp3) is 0.556. The quantitative estimate of drug-likeness (QED) is 0.271. The predicted molar refractivity (Wildman–Crippen MR) is 100 cm³/mol. The number of carbonyl (C=O) groups is 1. The molecule has 24 heavy (non-hydrogen) atoms. The van der Waals surface area contributed by atoms with Crippen LogP contribution in [0.2, 0.25) is 0 Å². The number of primary amides is 1. The number of anilines is 1. The van der Waals surface area contributed by atoms with Crippen LogP contribution in [0, 0.1) is 5.41 Å². The fourth-order valence-corrected chi connectivity index (χ4v) is 2.71. The number of carbonyl (C=O) groups excluding carboxylic acids is 1. The molecule has 0 spiro atoms. The molecule has 0 aliphatic rings. The van der Waals surface area contributed by atoms with Crippen molar-refractivity contribution in [3.8, 4) is 0 Å². The SMILES string of the molecule is CC(C)c1cccc(C(C)C)c1N[C@@H](CCCNC(=N)N)C(N)=O. The van der Waals surface area contributed by atoms with Crippen molar-refractivity contribution in [3.05, 3.63) is 29.3 Å². The maximum Gasteiger partial charge on any atom is 0.239 e. The lowest BCUT2D eigenvalue weighted by atomic mass is 9.92. The van der Waals surface area contributed by atoms with E-state index in [1.165, 1.54) is 11.1 Å². The lowest BCUT2D eigenvalue weighted by Crippen LogP contribution is -2.37. The minimum atomic E-state index is -0.448. The molecule has 0 aromatic heterocycles. The molecule has 0 bridgehead atoms. The van der Waals surface area contributed by atoms with Crippen LogP contribution < -0.4 is 22.1 Å².